The lowest BCUT2D eigenvalue weighted by molar-refractivity contribution is -0.141. The monoisotopic (exact) mass is 281 g/mol. The molecule has 1 fully saturated rings. The number of carboxylic acids is 1. The van der Waals surface area contributed by atoms with Crippen molar-refractivity contribution >= 4 is 23.5 Å². The Morgan fingerprint density at radius 1 is 1.21 bits per heavy atom. The number of carbonyl (C=O) groups excluding carboxylic acids is 1. The fourth-order valence-electron chi connectivity index (χ4n) is 2.38. The summed E-state index contributed by atoms with van der Waals surface area (Å²) < 4.78 is 0. The van der Waals surface area contributed by atoms with E-state index in [0.717, 1.165) is 5.56 Å². The topological polar surface area (TPSA) is 66.4 Å². The van der Waals surface area contributed by atoms with Crippen molar-refractivity contribution in [1.82, 2.24) is 5.32 Å². The molecule has 1 aromatic rings. The number of hydrogen-bond acceptors (Lipinski definition) is 2. The largest absolute Gasteiger partial charge is 0.481 e. The molecule has 2 N–H and O–H groups in total. The lowest BCUT2D eigenvalue weighted by Crippen LogP contribution is -2.29. The molecular weight excluding hydrogens is 266 g/mol. The van der Waals surface area contributed by atoms with Gasteiger partial charge in [-0.2, -0.15) is 0 Å². The molecule has 1 aromatic carbocycles. The van der Waals surface area contributed by atoms with Gasteiger partial charge in [-0.3, -0.25) is 9.59 Å². The number of benzene rings is 1. The maximum atomic E-state index is 11.9. The Morgan fingerprint density at radius 3 is 2.42 bits per heavy atom. The number of halogens is 1. The van der Waals surface area contributed by atoms with Crippen LogP contribution in [0.4, 0.5) is 0 Å². The standard InChI is InChI=1S/C14H16ClNO3/c15-12-5-1-9(2-6-12)8-16-13(17)10-3-4-11(7-10)14(18)19/h1-2,5-6,10-11H,3-4,7-8H2,(H,16,17)(H,18,19). The Hall–Kier alpha value is -1.55. The normalized spacial score (nSPS) is 22.2. The van der Waals surface area contributed by atoms with Crippen molar-refractivity contribution in [2.24, 2.45) is 11.8 Å². The highest BCUT2D eigenvalue weighted by atomic mass is 35.5. The highest BCUT2D eigenvalue weighted by molar-refractivity contribution is 6.30. The minimum atomic E-state index is -0.798. The first-order valence-corrected chi connectivity index (χ1v) is 6.69. The molecule has 1 amide bonds. The molecule has 0 saturated heterocycles. The van der Waals surface area contributed by atoms with E-state index >= 15 is 0 Å². The van der Waals surface area contributed by atoms with Crippen molar-refractivity contribution in [3.63, 3.8) is 0 Å². The van der Waals surface area contributed by atoms with Gasteiger partial charge in [-0.15, -0.1) is 0 Å². The summed E-state index contributed by atoms with van der Waals surface area (Å²) in [6.45, 7) is 0.449. The lowest BCUT2D eigenvalue weighted by atomic mass is 10.0. The molecule has 0 spiro atoms. The zero-order valence-electron chi connectivity index (χ0n) is 10.4. The SMILES string of the molecule is O=C(O)C1CCC(C(=O)NCc2ccc(Cl)cc2)C1. The predicted molar refractivity (Wildman–Crippen MR) is 71.8 cm³/mol. The van der Waals surface area contributed by atoms with Gasteiger partial charge in [-0.25, -0.2) is 0 Å². The Morgan fingerprint density at radius 2 is 1.84 bits per heavy atom. The van der Waals surface area contributed by atoms with E-state index in [4.69, 9.17) is 16.7 Å². The quantitative estimate of drug-likeness (QED) is 0.891. The number of rotatable bonds is 4. The Kier molecular flexibility index (Phi) is 4.43. The minimum absolute atomic E-state index is 0.0568. The molecule has 4 nitrogen and oxygen atoms in total. The second-order valence-electron chi connectivity index (χ2n) is 4.89. The van der Waals surface area contributed by atoms with Crippen LogP contribution in [0.25, 0.3) is 0 Å². The summed E-state index contributed by atoms with van der Waals surface area (Å²) in [6, 6.07) is 7.27. The van der Waals surface area contributed by atoms with Gasteiger partial charge in [0, 0.05) is 17.5 Å². The molecule has 1 aliphatic rings. The van der Waals surface area contributed by atoms with Crippen LogP contribution in [0.5, 0.6) is 0 Å². The van der Waals surface area contributed by atoms with Crippen LogP contribution in [-0.2, 0) is 16.1 Å². The maximum absolute atomic E-state index is 11.9. The van der Waals surface area contributed by atoms with Crippen LogP contribution in [0.2, 0.25) is 5.02 Å². The molecule has 102 valence electrons. The zero-order chi connectivity index (χ0) is 13.8. The maximum Gasteiger partial charge on any atom is 0.306 e. The van der Waals surface area contributed by atoms with Gasteiger partial charge in [0.05, 0.1) is 5.92 Å². The van der Waals surface area contributed by atoms with Gasteiger partial charge in [0.2, 0.25) is 5.91 Å². The molecule has 1 aliphatic carbocycles. The molecule has 0 bridgehead atoms. The van der Waals surface area contributed by atoms with Crippen LogP contribution in [0, 0.1) is 11.8 Å². The summed E-state index contributed by atoms with van der Waals surface area (Å²) in [5.41, 5.74) is 0.977. The first-order valence-electron chi connectivity index (χ1n) is 6.31. The highest BCUT2D eigenvalue weighted by Gasteiger charge is 2.33. The van der Waals surface area contributed by atoms with Crippen LogP contribution in [0.1, 0.15) is 24.8 Å². The van der Waals surface area contributed by atoms with E-state index in [9.17, 15) is 9.59 Å². The number of aliphatic carboxylic acids is 1. The number of carboxylic acid groups (broad SMARTS) is 1. The first kappa shape index (κ1) is 13.9. The average molecular weight is 282 g/mol. The number of amides is 1. The highest BCUT2D eigenvalue weighted by Crippen LogP contribution is 2.31. The summed E-state index contributed by atoms with van der Waals surface area (Å²) in [6.07, 6.45) is 1.69. The van der Waals surface area contributed by atoms with E-state index in [-0.39, 0.29) is 17.7 Å². The Balaban J connectivity index is 1.82. The molecule has 2 rings (SSSR count). The molecule has 0 aliphatic heterocycles. The van der Waals surface area contributed by atoms with Gasteiger partial charge in [-0.1, -0.05) is 23.7 Å². The molecule has 2 unspecified atom stereocenters. The van der Waals surface area contributed by atoms with Crippen molar-refractivity contribution < 1.29 is 14.7 Å². The fourth-order valence-corrected chi connectivity index (χ4v) is 2.51. The first-order chi connectivity index (χ1) is 9.06. The van der Waals surface area contributed by atoms with Gasteiger partial charge in [0.25, 0.3) is 0 Å². The summed E-state index contributed by atoms with van der Waals surface area (Å²) >= 11 is 5.78. The van der Waals surface area contributed by atoms with Gasteiger partial charge in [0.1, 0.15) is 0 Å². The fraction of sp³-hybridized carbons (Fsp3) is 0.429. The van der Waals surface area contributed by atoms with Crippen molar-refractivity contribution in [3.8, 4) is 0 Å². The molecule has 2 atom stereocenters. The second kappa shape index (κ2) is 6.06. The minimum Gasteiger partial charge on any atom is -0.481 e. The molecule has 19 heavy (non-hydrogen) atoms. The van der Waals surface area contributed by atoms with Crippen LogP contribution < -0.4 is 5.32 Å². The van der Waals surface area contributed by atoms with E-state index in [1.54, 1.807) is 12.1 Å². The number of carbonyl (C=O) groups is 2. The summed E-state index contributed by atoms with van der Waals surface area (Å²) in [5.74, 6) is -1.40. The molecule has 0 radical (unpaired) electrons. The molecule has 0 aromatic heterocycles. The van der Waals surface area contributed by atoms with Crippen LogP contribution in [-0.4, -0.2) is 17.0 Å². The van der Waals surface area contributed by atoms with Gasteiger partial charge < -0.3 is 10.4 Å². The predicted octanol–water partition coefficient (Wildman–Crippen LogP) is 2.46. The third-order valence-corrected chi connectivity index (χ3v) is 3.78. The average Bonchev–Trinajstić information content (AvgIpc) is 2.87. The second-order valence-corrected chi connectivity index (χ2v) is 5.33. The van der Waals surface area contributed by atoms with E-state index in [0.29, 0.717) is 30.8 Å². The summed E-state index contributed by atoms with van der Waals surface area (Å²) in [7, 11) is 0. The number of nitrogens with one attached hydrogen (secondary N) is 1. The van der Waals surface area contributed by atoms with Gasteiger partial charge >= 0.3 is 5.97 Å². The smallest absolute Gasteiger partial charge is 0.306 e. The van der Waals surface area contributed by atoms with Gasteiger partial charge in [0.15, 0.2) is 0 Å². The third kappa shape index (κ3) is 3.70. The van der Waals surface area contributed by atoms with Crippen LogP contribution >= 0.6 is 11.6 Å². The van der Waals surface area contributed by atoms with Crippen molar-refractivity contribution in [2.75, 3.05) is 0 Å². The van der Waals surface area contributed by atoms with Crippen LogP contribution in [0.15, 0.2) is 24.3 Å². The van der Waals surface area contributed by atoms with Crippen molar-refractivity contribution in [2.45, 2.75) is 25.8 Å². The summed E-state index contributed by atoms with van der Waals surface area (Å²) in [5, 5.41) is 12.4. The molecule has 5 heteroatoms. The lowest BCUT2D eigenvalue weighted by Gasteiger charge is -2.10. The summed E-state index contributed by atoms with van der Waals surface area (Å²) in [4.78, 5) is 22.8. The van der Waals surface area contributed by atoms with Crippen molar-refractivity contribution in [1.29, 1.82) is 0 Å². The molecule has 0 heterocycles. The van der Waals surface area contributed by atoms with E-state index < -0.39 is 5.97 Å². The molecular formula is C14H16ClNO3. The van der Waals surface area contributed by atoms with E-state index in [1.807, 2.05) is 12.1 Å². The van der Waals surface area contributed by atoms with Crippen molar-refractivity contribution in [3.05, 3.63) is 34.9 Å². The molecule has 1 saturated carbocycles. The van der Waals surface area contributed by atoms with Gasteiger partial charge in [-0.05, 0) is 37.0 Å². The van der Waals surface area contributed by atoms with E-state index in [2.05, 4.69) is 5.32 Å². The van der Waals surface area contributed by atoms with Crippen LogP contribution in [0.3, 0.4) is 0 Å². The Bertz CT molecular complexity index is 472. The number of hydrogen-bond donors (Lipinski definition) is 2. The third-order valence-electron chi connectivity index (χ3n) is 3.53. The van der Waals surface area contributed by atoms with E-state index in [1.165, 1.54) is 0 Å². The Labute approximate surface area is 116 Å². The zero-order valence-corrected chi connectivity index (χ0v) is 11.2.